The van der Waals surface area contributed by atoms with E-state index in [-0.39, 0.29) is 11.5 Å². The molecule has 5 nitrogen and oxygen atoms in total. The van der Waals surface area contributed by atoms with Crippen molar-refractivity contribution in [2.75, 3.05) is 26.4 Å². The van der Waals surface area contributed by atoms with E-state index >= 15 is 0 Å². The fraction of sp³-hybridized carbons (Fsp3) is 0.455. The summed E-state index contributed by atoms with van der Waals surface area (Å²) in [5, 5.41) is 12.4. The lowest BCUT2D eigenvalue weighted by Crippen LogP contribution is -2.30. The van der Waals surface area contributed by atoms with Crippen molar-refractivity contribution in [1.82, 2.24) is 9.62 Å². The Kier molecular flexibility index (Phi) is 5.58. The summed E-state index contributed by atoms with van der Waals surface area (Å²) >= 11 is 3.23. The summed E-state index contributed by atoms with van der Waals surface area (Å²) in [6.45, 7) is 0.945. The van der Waals surface area contributed by atoms with Crippen molar-refractivity contribution < 1.29 is 13.5 Å². The number of rotatable bonds is 6. The summed E-state index contributed by atoms with van der Waals surface area (Å²) in [6, 6.07) is 5.17. The van der Waals surface area contributed by atoms with Gasteiger partial charge in [-0.2, -0.15) is 0 Å². The summed E-state index contributed by atoms with van der Waals surface area (Å²) in [5.74, 6) is 0.258. The highest BCUT2D eigenvalue weighted by atomic mass is 79.9. The van der Waals surface area contributed by atoms with Gasteiger partial charge in [-0.15, -0.1) is 0 Å². The summed E-state index contributed by atoms with van der Waals surface area (Å²) in [4.78, 5) is 0. The maximum atomic E-state index is 11.5. The molecule has 0 heterocycles. The molecule has 0 aromatic heterocycles. The normalized spacial score (nSPS) is 12.0. The second-order valence-corrected chi connectivity index (χ2v) is 7.22. The van der Waals surface area contributed by atoms with Crippen molar-refractivity contribution in [1.29, 1.82) is 0 Å². The number of aromatic hydroxyl groups is 1. The van der Waals surface area contributed by atoms with E-state index in [0.29, 0.717) is 17.6 Å². The Bertz CT molecular complexity index is 503. The minimum absolute atomic E-state index is 0.0687. The highest BCUT2D eigenvalue weighted by Crippen LogP contribution is 2.24. The largest absolute Gasteiger partial charge is 0.507 e. The van der Waals surface area contributed by atoms with E-state index in [9.17, 15) is 13.5 Å². The third-order valence-corrected chi connectivity index (χ3v) is 4.90. The van der Waals surface area contributed by atoms with Gasteiger partial charge < -0.3 is 10.4 Å². The third-order valence-electron chi connectivity index (χ3n) is 2.43. The maximum absolute atomic E-state index is 11.5. The zero-order chi connectivity index (χ0) is 13.8. The molecule has 0 unspecified atom stereocenters. The average molecular weight is 337 g/mol. The number of halogens is 1. The fourth-order valence-corrected chi connectivity index (χ4v) is 2.47. The summed E-state index contributed by atoms with van der Waals surface area (Å²) < 4.78 is 24.8. The number of benzene rings is 1. The van der Waals surface area contributed by atoms with Crippen LogP contribution in [0, 0.1) is 0 Å². The molecule has 102 valence electrons. The van der Waals surface area contributed by atoms with Crippen LogP contribution in [0.15, 0.2) is 22.7 Å². The SMILES string of the molecule is CN(C)S(=O)(=O)CCNCc1ccc(O)c(Br)c1. The van der Waals surface area contributed by atoms with Gasteiger partial charge in [0.1, 0.15) is 5.75 Å². The van der Waals surface area contributed by atoms with E-state index in [1.54, 1.807) is 18.2 Å². The Morgan fingerprint density at radius 2 is 2.06 bits per heavy atom. The molecule has 0 amide bonds. The van der Waals surface area contributed by atoms with E-state index in [1.807, 2.05) is 0 Å². The Morgan fingerprint density at radius 1 is 1.39 bits per heavy atom. The van der Waals surface area contributed by atoms with Crippen molar-refractivity contribution in [2.24, 2.45) is 0 Å². The topological polar surface area (TPSA) is 69.6 Å². The van der Waals surface area contributed by atoms with Gasteiger partial charge in [-0.25, -0.2) is 12.7 Å². The van der Waals surface area contributed by atoms with Crippen LogP contribution in [0.3, 0.4) is 0 Å². The Balaban J connectivity index is 2.41. The zero-order valence-corrected chi connectivity index (χ0v) is 12.8. The van der Waals surface area contributed by atoms with Gasteiger partial charge in [0.25, 0.3) is 0 Å². The predicted molar refractivity (Wildman–Crippen MR) is 75.0 cm³/mol. The molecule has 0 saturated carbocycles. The number of hydrogen-bond acceptors (Lipinski definition) is 4. The van der Waals surface area contributed by atoms with E-state index in [2.05, 4.69) is 21.2 Å². The van der Waals surface area contributed by atoms with Gasteiger partial charge in [-0.3, -0.25) is 0 Å². The lowest BCUT2D eigenvalue weighted by molar-refractivity contribution is 0.471. The summed E-state index contributed by atoms with van der Waals surface area (Å²) in [5.41, 5.74) is 0.974. The molecule has 0 aliphatic rings. The zero-order valence-electron chi connectivity index (χ0n) is 10.4. The minimum Gasteiger partial charge on any atom is -0.507 e. The van der Waals surface area contributed by atoms with Gasteiger partial charge in [0, 0.05) is 27.2 Å². The Hall–Kier alpha value is -0.630. The van der Waals surface area contributed by atoms with Crippen molar-refractivity contribution >= 4 is 26.0 Å². The first-order chi connectivity index (χ1) is 8.33. The summed E-state index contributed by atoms with van der Waals surface area (Å²) in [6.07, 6.45) is 0. The van der Waals surface area contributed by atoms with Crippen LogP contribution in [0.2, 0.25) is 0 Å². The molecular weight excluding hydrogens is 320 g/mol. The first-order valence-corrected chi connectivity index (χ1v) is 7.81. The molecular formula is C11H17BrN2O3S. The maximum Gasteiger partial charge on any atom is 0.214 e. The standard InChI is InChI=1S/C11H17BrN2O3S/c1-14(2)18(16,17)6-5-13-8-9-3-4-11(15)10(12)7-9/h3-4,7,13,15H,5-6,8H2,1-2H3. The van der Waals surface area contributed by atoms with E-state index in [4.69, 9.17) is 0 Å². The summed E-state index contributed by atoms with van der Waals surface area (Å²) in [7, 11) is -0.105. The molecule has 0 saturated heterocycles. The number of phenolic OH excluding ortho intramolecular Hbond substituents is 1. The van der Waals surface area contributed by atoms with Crippen LogP contribution in [-0.4, -0.2) is 44.2 Å². The van der Waals surface area contributed by atoms with Gasteiger partial charge in [0.05, 0.1) is 10.2 Å². The fourth-order valence-electron chi connectivity index (χ4n) is 1.28. The molecule has 7 heteroatoms. The van der Waals surface area contributed by atoms with Gasteiger partial charge in [0.2, 0.25) is 10.0 Å². The van der Waals surface area contributed by atoms with Gasteiger partial charge in [0.15, 0.2) is 0 Å². The molecule has 0 aliphatic heterocycles. The molecule has 2 N–H and O–H groups in total. The molecule has 1 aromatic rings. The monoisotopic (exact) mass is 336 g/mol. The van der Waals surface area contributed by atoms with E-state index in [1.165, 1.54) is 18.4 Å². The number of nitrogens with one attached hydrogen (secondary N) is 1. The highest BCUT2D eigenvalue weighted by molar-refractivity contribution is 9.10. The smallest absolute Gasteiger partial charge is 0.214 e. The van der Waals surface area contributed by atoms with Crippen LogP contribution in [0.25, 0.3) is 0 Å². The Labute approximate surface area is 116 Å². The average Bonchev–Trinajstić information content (AvgIpc) is 2.29. The first kappa shape index (κ1) is 15.4. The van der Waals surface area contributed by atoms with Gasteiger partial charge >= 0.3 is 0 Å². The van der Waals surface area contributed by atoms with Crippen LogP contribution in [-0.2, 0) is 16.6 Å². The predicted octanol–water partition coefficient (Wildman–Crippen LogP) is 1.14. The quantitative estimate of drug-likeness (QED) is 0.764. The van der Waals surface area contributed by atoms with Crippen LogP contribution in [0.4, 0.5) is 0 Å². The molecule has 0 atom stereocenters. The van der Waals surface area contributed by atoms with Crippen molar-refractivity contribution in [2.45, 2.75) is 6.54 Å². The van der Waals surface area contributed by atoms with Gasteiger partial charge in [-0.1, -0.05) is 6.07 Å². The van der Waals surface area contributed by atoms with E-state index < -0.39 is 10.0 Å². The highest BCUT2D eigenvalue weighted by Gasteiger charge is 2.12. The van der Waals surface area contributed by atoms with Crippen LogP contribution in [0.5, 0.6) is 5.75 Å². The molecule has 0 fully saturated rings. The van der Waals surface area contributed by atoms with Crippen molar-refractivity contribution in [3.05, 3.63) is 28.2 Å². The van der Waals surface area contributed by atoms with Crippen LogP contribution in [0.1, 0.15) is 5.56 Å². The number of phenols is 1. The van der Waals surface area contributed by atoms with Gasteiger partial charge in [-0.05, 0) is 33.6 Å². The number of hydrogen-bond donors (Lipinski definition) is 2. The molecule has 1 rings (SSSR count). The van der Waals surface area contributed by atoms with Crippen LogP contribution >= 0.6 is 15.9 Å². The second-order valence-electron chi connectivity index (χ2n) is 4.06. The van der Waals surface area contributed by atoms with Crippen LogP contribution < -0.4 is 5.32 Å². The number of nitrogens with zero attached hydrogens (tertiary/aromatic N) is 1. The Morgan fingerprint density at radius 3 is 2.61 bits per heavy atom. The van der Waals surface area contributed by atoms with Crippen molar-refractivity contribution in [3.8, 4) is 5.75 Å². The molecule has 0 bridgehead atoms. The second kappa shape index (κ2) is 6.51. The first-order valence-electron chi connectivity index (χ1n) is 5.41. The lowest BCUT2D eigenvalue weighted by atomic mass is 10.2. The molecule has 0 radical (unpaired) electrons. The minimum atomic E-state index is -3.15. The molecule has 1 aromatic carbocycles. The molecule has 0 spiro atoms. The molecule has 18 heavy (non-hydrogen) atoms. The lowest BCUT2D eigenvalue weighted by Gasteiger charge is -2.11. The third kappa shape index (κ3) is 4.56. The van der Waals surface area contributed by atoms with Crippen molar-refractivity contribution in [3.63, 3.8) is 0 Å². The van der Waals surface area contributed by atoms with E-state index in [0.717, 1.165) is 5.56 Å². The molecule has 0 aliphatic carbocycles. The number of sulfonamides is 1.